The van der Waals surface area contributed by atoms with Gasteiger partial charge in [0.25, 0.3) is 5.91 Å². The average molecular weight is 360 g/mol. The molecule has 4 rings (SSSR count). The molecule has 0 saturated carbocycles. The summed E-state index contributed by atoms with van der Waals surface area (Å²) < 4.78 is 5.46. The van der Waals surface area contributed by atoms with Crippen molar-refractivity contribution in [1.82, 2.24) is 4.90 Å². The van der Waals surface area contributed by atoms with E-state index in [9.17, 15) is 4.79 Å². The number of benzene rings is 3. The van der Waals surface area contributed by atoms with Gasteiger partial charge in [-0.2, -0.15) is 0 Å². The molecule has 0 bridgehead atoms. The van der Waals surface area contributed by atoms with E-state index in [1.807, 2.05) is 59.5 Å². The van der Waals surface area contributed by atoms with Gasteiger partial charge in [-0.3, -0.25) is 4.79 Å². The van der Waals surface area contributed by atoms with Gasteiger partial charge in [0, 0.05) is 30.0 Å². The molecular weight excluding hydrogens is 336 g/mol. The lowest BCUT2D eigenvalue weighted by Gasteiger charge is -2.18. The summed E-state index contributed by atoms with van der Waals surface area (Å²) in [6.07, 6.45) is 0. The van der Waals surface area contributed by atoms with E-state index in [0.29, 0.717) is 19.6 Å². The lowest BCUT2D eigenvalue weighted by molar-refractivity contribution is 0.0788. The number of methoxy groups -OCH3 is 1. The van der Waals surface area contributed by atoms with Crippen LogP contribution in [0.3, 0.4) is 0 Å². The van der Waals surface area contributed by atoms with Crippen LogP contribution in [0.25, 0.3) is 10.8 Å². The first kappa shape index (κ1) is 17.6. The predicted molar refractivity (Wildman–Crippen MR) is 108 cm³/mol. The minimum atomic E-state index is 0.0609. The normalized spacial score (nSPS) is 19.4. The van der Waals surface area contributed by atoms with Gasteiger partial charge in [-0.1, -0.05) is 54.6 Å². The number of hydrogen-bond acceptors (Lipinski definition) is 3. The molecular formula is C23H24N2O2. The molecule has 1 heterocycles. The largest absolute Gasteiger partial charge is 0.496 e. The summed E-state index contributed by atoms with van der Waals surface area (Å²) >= 11 is 0. The molecule has 0 unspecified atom stereocenters. The third-order valence-electron chi connectivity index (χ3n) is 5.59. The van der Waals surface area contributed by atoms with Crippen LogP contribution in [-0.2, 0) is 0 Å². The summed E-state index contributed by atoms with van der Waals surface area (Å²) in [6.45, 7) is 1.97. The number of amides is 1. The maximum atomic E-state index is 13.3. The highest BCUT2D eigenvalue weighted by molar-refractivity contribution is 6.08. The zero-order valence-corrected chi connectivity index (χ0v) is 15.5. The van der Waals surface area contributed by atoms with Crippen LogP contribution < -0.4 is 10.5 Å². The third kappa shape index (κ3) is 3.17. The van der Waals surface area contributed by atoms with E-state index in [1.54, 1.807) is 7.11 Å². The van der Waals surface area contributed by atoms with E-state index < -0.39 is 0 Å². The molecule has 1 aliphatic rings. The topological polar surface area (TPSA) is 55.6 Å². The fourth-order valence-corrected chi connectivity index (χ4v) is 4.16. The minimum Gasteiger partial charge on any atom is -0.496 e. The molecule has 4 nitrogen and oxygen atoms in total. The van der Waals surface area contributed by atoms with E-state index in [-0.39, 0.29) is 17.7 Å². The first-order chi connectivity index (χ1) is 13.2. The van der Waals surface area contributed by atoms with Gasteiger partial charge in [0.1, 0.15) is 5.75 Å². The standard InChI is InChI=1S/C23H24N2O2/c1-27-22-12-11-20(18-9-5-6-10-19(18)22)23(26)25-14-17(13-24)21(15-25)16-7-3-2-4-8-16/h2-12,17,21H,13-15,24H2,1H3/t17-,21+/m1/s1. The Labute approximate surface area is 159 Å². The lowest BCUT2D eigenvalue weighted by atomic mass is 9.89. The molecule has 1 saturated heterocycles. The van der Waals surface area contributed by atoms with Gasteiger partial charge < -0.3 is 15.4 Å². The minimum absolute atomic E-state index is 0.0609. The zero-order valence-electron chi connectivity index (χ0n) is 15.5. The summed E-state index contributed by atoms with van der Waals surface area (Å²) in [5.41, 5.74) is 8.01. The Morgan fingerprint density at radius 3 is 2.41 bits per heavy atom. The van der Waals surface area contributed by atoms with Gasteiger partial charge in [-0.25, -0.2) is 0 Å². The molecule has 1 aliphatic heterocycles. The fourth-order valence-electron chi connectivity index (χ4n) is 4.16. The van der Waals surface area contributed by atoms with E-state index in [2.05, 4.69) is 12.1 Å². The number of nitrogens with two attached hydrogens (primary N) is 1. The van der Waals surface area contributed by atoms with E-state index >= 15 is 0 Å². The van der Waals surface area contributed by atoms with Crippen molar-refractivity contribution < 1.29 is 9.53 Å². The van der Waals surface area contributed by atoms with Crippen LogP contribution in [0.4, 0.5) is 0 Å². The number of nitrogens with zero attached hydrogens (tertiary/aromatic N) is 1. The molecule has 0 spiro atoms. The Morgan fingerprint density at radius 1 is 1.00 bits per heavy atom. The SMILES string of the molecule is COc1ccc(C(=O)N2C[C@@H](CN)[C@H](c3ccccc3)C2)c2ccccc12. The summed E-state index contributed by atoms with van der Waals surface area (Å²) in [7, 11) is 1.65. The second-order valence-electron chi connectivity index (χ2n) is 7.08. The third-order valence-corrected chi connectivity index (χ3v) is 5.59. The van der Waals surface area contributed by atoms with Crippen molar-refractivity contribution in [2.45, 2.75) is 5.92 Å². The molecule has 2 atom stereocenters. The first-order valence-electron chi connectivity index (χ1n) is 9.33. The van der Waals surface area contributed by atoms with Gasteiger partial charge in [-0.05, 0) is 35.5 Å². The molecule has 1 amide bonds. The molecule has 0 radical (unpaired) electrons. The van der Waals surface area contributed by atoms with Gasteiger partial charge in [0.15, 0.2) is 0 Å². The molecule has 2 N–H and O–H groups in total. The highest BCUT2D eigenvalue weighted by Gasteiger charge is 2.36. The Kier molecular flexibility index (Phi) is 4.82. The Balaban J connectivity index is 1.67. The highest BCUT2D eigenvalue weighted by atomic mass is 16.5. The maximum Gasteiger partial charge on any atom is 0.254 e. The molecule has 3 aromatic carbocycles. The fraction of sp³-hybridized carbons (Fsp3) is 0.261. The summed E-state index contributed by atoms with van der Waals surface area (Å²) in [5.74, 6) is 1.40. The van der Waals surface area contributed by atoms with Gasteiger partial charge in [0.05, 0.1) is 7.11 Å². The van der Waals surface area contributed by atoms with Gasteiger partial charge >= 0.3 is 0 Å². The zero-order chi connectivity index (χ0) is 18.8. The van der Waals surface area contributed by atoms with E-state index in [0.717, 1.165) is 22.1 Å². The molecule has 4 heteroatoms. The van der Waals surface area contributed by atoms with Gasteiger partial charge in [-0.15, -0.1) is 0 Å². The van der Waals surface area contributed by atoms with Crippen LogP contribution in [0.1, 0.15) is 21.8 Å². The van der Waals surface area contributed by atoms with Crippen LogP contribution in [-0.4, -0.2) is 37.6 Å². The number of ether oxygens (including phenoxy) is 1. The van der Waals surface area contributed by atoms with Crippen molar-refractivity contribution in [3.05, 3.63) is 77.9 Å². The lowest BCUT2D eigenvalue weighted by Crippen LogP contribution is -2.30. The Morgan fingerprint density at radius 2 is 1.70 bits per heavy atom. The Bertz CT molecular complexity index is 955. The number of rotatable bonds is 4. The molecule has 0 aromatic heterocycles. The molecule has 3 aromatic rings. The number of carbonyl (C=O) groups excluding carboxylic acids is 1. The molecule has 0 aliphatic carbocycles. The number of hydrogen-bond donors (Lipinski definition) is 1. The van der Waals surface area contributed by atoms with Crippen molar-refractivity contribution in [1.29, 1.82) is 0 Å². The summed E-state index contributed by atoms with van der Waals surface area (Å²) in [6, 6.07) is 22.0. The first-order valence-corrected chi connectivity index (χ1v) is 9.33. The van der Waals surface area contributed by atoms with Gasteiger partial charge in [0.2, 0.25) is 0 Å². The van der Waals surface area contributed by atoms with Crippen LogP contribution in [0.2, 0.25) is 0 Å². The van der Waals surface area contributed by atoms with E-state index in [1.165, 1.54) is 5.56 Å². The predicted octanol–water partition coefficient (Wildman–Crippen LogP) is 3.66. The maximum absolute atomic E-state index is 13.3. The number of fused-ring (bicyclic) bond motifs is 1. The average Bonchev–Trinajstić information content (AvgIpc) is 3.17. The molecule has 138 valence electrons. The second kappa shape index (κ2) is 7.41. The molecule has 1 fully saturated rings. The summed E-state index contributed by atoms with van der Waals surface area (Å²) in [5, 5.41) is 1.88. The van der Waals surface area contributed by atoms with Crippen LogP contribution in [0.15, 0.2) is 66.7 Å². The van der Waals surface area contributed by atoms with Crippen molar-refractivity contribution in [2.75, 3.05) is 26.7 Å². The van der Waals surface area contributed by atoms with Crippen molar-refractivity contribution in [2.24, 2.45) is 11.7 Å². The van der Waals surface area contributed by atoms with E-state index in [4.69, 9.17) is 10.5 Å². The van der Waals surface area contributed by atoms with Crippen LogP contribution >= 0.6 is 0 Å². The van der Waals surface area contributed by atoms with Crippen LogP contribution in [0.5, 0.6) is 5.75 Å². The quantitative estimate of drug-likeness (QED) is 0.772. The number of carbonyl (C=O) groups is 1. The van der Waals surface area contributed by atoms with Crippen molar-refractivity contribution >= 4 is 16.7 Å². The smallest absolute Gasteiger partial charge is 0.254 e. The second-order valence-corrected chi connectivity index (χ2v) is 7.08. The van der Waals surface area contributed by atoms with Crippen molar-refractivity contribution in [3.8, 4) is 5.75 Å². The van der Waals surface area contributed by atoms with Crippen LogP contribution in [0, 0.1) is 5.92 Å². The summed E-state index contributed by atoms with van der Waals surface area (Å²) in [4.78, 5) is 15.3. The monoisotopic (exact) mass is 360 g/mol. The van der Waals surface area contributed by atoms with Crippen molar-refractivity contribution in [3.63, 3.8) is 0 Å². The highest BCUT2D eigenvalue weighted by Crippen LogP contribution is 2.35. The molecule has 27 heavy (non-hydrogen) atoms. The number of likely N-dealkylation sites (tertiary alicyclic amines) is 1. The Hall–Kier alpha value is -2.85.